The molecule has 0 bridgehead atoms. The molecule has 2 aromatic rings. The van der Waals surface area contributed by atoms with Crippen LogP contribution in [0.4, 0.5) is 0 Å². The van der Waals surface area contributed by atoms with Gasteiger partial charge >= 0.3 is 0 Å². The zero-order valence-electron chi connectivity index (χ0n) is 6.77. The average molecular weight is 186 g/mol. The van der Waals surface area contributed by atoms with Gasteiger partial charge in [0.05, 0.1) is 22.8 Å². The van der Waals surface area contributed by atoms with Crippen LogP contribution < -0.4 is 0 Å². The Morgan fingerprint density at radius 1 is 1.38 bits per heavy atom. The van der Waals surface area contributed by atoms with Gasteiger partial charge in [-0.3, -0.25) is 0 Å². The summed E-state index contributed by atoms with van der Waals surface area (Å²) in [5, 5.41) is 10.7. The summed E-state index contributed by atoms with van der Waals surface area (Å²) >= 11 is 1.55. The number of benzene rings is 1. The molecule has 1 aromatic carbocycles. The SMILES string of the molecule is N#Cc1cccc(-c2cscn2)c1. The molecule has 1 heterocycles. The van der Waals surface area contributed by atoms with Crippen LogP contribution in [0.15, 0.2) is 35.2 Å². The molecule has 0 aliphatic heterocycles. The summed E-state index contributed by atoms with van der Waals surface area (Å²) in [6.07, 6.45) is 0. The molecule has 0 atom stereocenters. The molecule has 2 nitrogen and oxygen atoms in total. The fourth-order valence-corrected chi connectivity index (χ4v) is 1.66. The van der Waals surface area contributed by atoms with Gasteiger partial charge in [-0.25, -0.2) is 4.98 Å². The Balaban J connectivity index is 2.49. The van der Waals surface area contributed by atoms with Crippen LogP contribution in [0.2, 0.25) is 0 Å². The molecule has 0 spiro atoms. The van der Waals surface area contributed by atoms with Gasteiger partial charge in [0.1, 0.15) is 0 Å². The van der Waals surface area contributed by atoms with Crippen LogP contribution in [0.3, 0.4) is 0 Å². The van der Waals surface area contributed by atoms with E-state index in [0.717, 1.165) is 11.3 Å². The van der Waals surface area contributed by atoms with Gasteiger partial charge in [0.15, 0.2) is 0 Å². The second-order valence-corrected chi connectivity index (χ2v) is 3.28. The monoisotopic (exact) mass is 186 g/mol. The summed E-state index contributed by atoms with van der Waals surface area (Å²) in [7, 11) is 0. The molecule has 0 N–H and O–H groups in total. The highest BCUT2D eigenvalue weighted by atomic mass is 32.1. The third kappa shape index (κ3) is 1.58. The van der Waals surface area contributed by atoms with E-state index in [0.29, 0.717) is 5.56 Å². The van der Waals surface area contributed by atoms with Gasteiger partial charge in [-0.2, -0.15) is 5.26 Å². The first kappa shape index (κ1) is 7.96. The van der Waals surface area contributed by atoms with Crippen molar-refractivity contribution in [1.29, 1.82) is 5.26 Å². The van der Waals surface area contributed by atoms with E-state index in [4.69, 9.17) is 5.26 Å². The van der Waals surface area contributed by atoms with Crippen molar-refractivity contribution in [2.45, 2.75) is 0 Å². The Bertz CT molecular complexity index is 440. The molecular weight excluding hydrogens is 180 g/mol. The Morgan fingerprint density at radius 3 is 3.00 bits per heavy atom. The number of aromatic nitrogens is 1. The number of hydrogen-bond donors (Lipinski definition) is 0. The zero-order chi connectivity index (χ0) is 9.10. The molecule has 2 rings (SSSR count). The van der Waals surface area contributed by atoms with Gasteiger partial charge in [-0.05, 0) is 12.1 Å². The van der Waals surface area contributed by atoms with Crippen LogP contribution >= 0.6 is 11.3 Å². The Labute approximate surface area is 80.1 Å². The van der Waals surface area contributed by atoms with E-state index in [1.807, 2.05) is 23.6 Å². The minimum Gasteiger partial charge on any atom is -0.245 e. The van der Waals surface area contributed by atoms with Crippen LogP contribution in [0.25, 0.3) is 11.3 Å². The Kier molecular flexibility index (Phi) is 2.07. The normalized spacial score (nSPS) is 9.46. The average Bonchev–Trinajstić information content (AvgIpc) is 2.71. The number of thiazole rings is 1. The second-order valence-electron chi connectivity index (χ2n) is 2.57. The van der Waals surface area contributed by atoms with E-state index >= 15 is 0 Å². The third-order valence-electron chi connectivity index (χ3n) is 1.72. The van der Waals surface area contributed by atoms with Crippen molar-refractivity contribution >= 4 is 11.3 Å². The van der Waals surface area contributed by atoms with E-state index in [-0.39, 0.29) is 0 Å². The van der Waals surface area contributed by atoms with Crippen LogP contribution in [-0.2, 0) is 0 Å². The van der Waals surface area contributed by atoms with Crippen molar-refractivity contribution in [3.8, 4) is 17.3 Å². The predicted octanol–water partition coefficient (Wildman–Crippen LogP) is 2.68. The van der Waals surface area contributed by atoms with E-state index in [1.54, 1.807) is 22.9 Å². The van der Waals surface area contributed by atoms with Crippen LogP contribution in [0.1, 0.15) is 5.56 Å². The molecule has 0 amide bonds. The van der Waals surface area contributed by atoms with Gasteiger partial charge < -0.3 is 0 Å². The summed E-state index contributed by atoms with van der Waals surface area (Å²) in [6, 6.07) is 9.56. The van der Waals surface area contributed by atoms with Crippen molar-refractivity contribution in [1.82, 2.24) is 4.98 Å². The summed E-state index contributed by atoms with van der Waals surface area (Å²) in [5.41, 5.74) is 4.39. The lowest BCUT2D eigenvalue weighted by Gasteiger charge is -1.95. The van der Waals surface area contributed by atoms with Crippen LogP contribution in [-0.4, -0.2) is 4.98 Å². The standard InChI is InChI=1S/C10H6N2S/c11-5-8-2-1-3-9(4-8)10-6-13-7-12-10/h1-4,6-7H. The highest BCUT2D eigenvalue weighted by molar-refractivity contribution is 7.07. The van der Waals surface area contributed by atoms with Crippen molar-refractivity contribution in [2.75, 3.05) is 0 Å². The van der Waals surface area contributed by atoms with Gasteiger partial charge in [-0.15, -0.1) is 11.3 Å². The lowest BCUT2D eigenvalue weighted by Crippen LogP contribution is -1.78. The zero-order valence-corrected chi connectivity index (χ0v) is 7.58. The minimum absolute atomic E-state index is 0.672. The molecular formula is C10H6N2S. The highest BCUT2D eigenvalue weighted by Gasteiger charge is 1.99. The number of nitriles is 1. The first-order chi connectivity index (χ1) is 6.40. The second kappa shape index (κ2) is 3.38. The summed E-state index contributed by atoms with van der Waals surface area (Å²) in [5.74, 6) is 0. The molecule has 0 aliphatic carbocycles. The van der Waals surface area contributed by atoms with Gasteiger partial charge in [0.2, 0.25) is 0 Å². The molecule has 3 heteroatoms. The van der Waals surface area contributed by atoms with E-state index < -0.39 is 0 Å². The molecule has 0 unspecified atom stereocenters. The molecule has 0 saturated carbocycles. The summed E-state index contributed by atoms with van der Waals surface area (Å²) in [4.78, 5) is 4.17. The fraction of sp³-hybridized carbons (Fsp3) is 0. The van der Waals surface area contributed by atoms with Crippen molar-refractivity contribution < 1.29 is 0 Å². The van der Waals surface area contributed by atoms with Crippen LogP contribution in [0, 0.1) is 11.3 Å². The molecule has 13 heavy (non-hydrogen) atoms. The van der Waals surface area contributed by atoms with E-state index in [1.165, 1.54) is 0 Å². The lowest BCUT2D eigenvalue weighted by molar-refractivity contribution is 1.40. The molecule has 62 valence electrons. The number of nitrogens with zero attached hydrogens (tertiary/aromatic N) is 2. The molecule has 1 aromatic heterocycles. The minimum atomic E-state index is 0.672. The maximum absolute atomic E-state index is 8.69. The Morgan fingerprint density at radius 2 is 2.31 bits per heavy atom. The lowest BCUT2D eigenvalue weighted by atomic mass is 10.1. The maximum atomic E-state index is 8.69. The van der Waals surface area contributed by atoms with Crippen molar-refractivity contribution in [3.63, 3.8) is 0 Å². The molecule has 0 saturated heterocycles. The van der Waals surface area contributed by atoms with Gasteiger partial charge in [0.25, 0.3) is 0 Å². The van der Waals surface area contributed by atoms with E-state index in [2.05, 4.69) is 11.1 Å². The van der Waals surface area contributed by atoms with Crippen molar-refractivity contribution in [2.24, 2.45) is 0 Å². The molecule has 0 fully saturated rings. The highest BCUT2D eigenvalue weighted by Crippen LogP contribution is 2.19. The first-order valence-corrected chi connectivity index (χ1v) is 4.73. The third-order valence-corrected chi connectivity index (χ3v) is 2.31. The largest absolute Gasteiger partial charge is 0.245 e. The molecule has 0 radical (unpaired) electrons. The Hall–Kier alpha value is -1.66. The summed E-state index contributed by atoms with van der Waals surface area (Å²) in [6.45, 7) is 0. The van der Waals surface area contributed by atoms with Gasteiger partial charge in [0, 0.05) is 10.9 Å². The van der Waals surface area contributed by atoms with Crippen molar-refractivity contribution in [3.05, 3.63) is 40.7 Å². The summed E-state index contributed by atoms with van der Waals surface area (Å²) < 4.78 is 0. The fourth-order valence-electron chi connectivity index (χ4n) is 1.10. The topological polar surface area (TPSA) is 36.7 Å². The maximum Gasteiger partial charge on any atom is 0.0991 e. The van der Waals surface area contributed by atoms with Gasteiger partial charge in [-0.1, -0.05) is 12.1 Å². The first-order valence-electron chi connectivity index (χ1n) is 3.79. The number of rotatable bonds is 1. The number of hydrogen-bond acceptors (Lipinski definition) is 3. The van der Waals surface area contributed by atoms with Crippen LogP contribution in [0.5, 0.6) is 0 Å². The molecule has 0 aliphatic rings. The smallest absolute Gasteiger partial charge is 0.0991 e. The predicted molar refractivity (Wildman–Crippen MR) is 52.3 cm³/mol. The quantitative estimate of drug-likeness (QED) is 0.686. The van der Waals surface area contributed by atoms with E-state index in [9.17, 15) is 0 Å².